The summed E-state index contributed by atoms with van der Waals surface area (Å²) >= 11 is 0. The van der Waals surface area contributed by atoms with Crippen LogP contribution in [0.2, 0.25) is 0 Å². The molecule has 10 aromatic carbocycles. The molecule has 0 radical (unpaired) electrons. The van der Waals surface area contributed by atoms with Gasteiger partial charge in [-0.05, 0) is 70.4 Å². The summed E-state index contributed by atoms with van der Waals surface area (Å²) in [6, 6.07) is 73.6. The molecule has 296 valence electrons. The van der Waals surface area contributed by atoms with Gasteiger partial charge in [-0.2, -0.15) is 10.5 Å². The minimum atomic E-state index is 0.406. The summed E-state index contributed by atoms with van der Waals surface area (Å²) in [7, 11) is 0. The van der Waals surface area contributed by atoms with Gasteiger partial charge in [-0.1, -0.05) is 163 Å². The quantitative estimate of drug-likeness (QED) is 0.178. The van der Waals surface area contributed by atoms with E-state index in [-0.39, 0.29) is 0 Å². The lowest BCUT2D eigenvalue weighted by molar-refractivity contribution is 1.08. The lowest BCUT2D eigenvalue weighted by Gasteiger charge is -2.26. The van der Waals surface area contributed by atoms with Crippen LogP contribution in [0.4, 0.5) is 0 Å². The Morgan fingerprint density at radius 2 is 0.672 bits per heavy atom. The first kappa shape index (κ1) is 35.8. The third kappa shape index (κ3) is 4.81. The van der Waals surface area contributed by atoms with E-state index in [1.54, 1.807) is 0 Å². The van der Waals surface area contributed by atoms with Crippen LogP contribution in [-0.2, 0) is 0 Å². The third-order valence-corrected chi connectivity index (χ3v) is 13.4. The lowest BCUT2D eigenvalue weighted by atomic mass is 9.91. The molecular weight excluding hydrogens is 779 g/mol. The first-order valence-corrected chi connectivity index (χ1v) is 21.6. The van der Waals surface area contributed by atoms with Crippen LogP contribution in [0, 0.1) is 29.6 Å². The van der Waals surface area contributed by atoms with Gasteiger partial charge in [0.05, 0.1) is 50.2 Å². The van der Waals surface area contributed by atoms with Crippen LogP contribution < -0.4 is 0 Å². The van der Waals surface area contributed by atoms with Crippen molar-refractivity contribution in [3.05, 3.63) is 211 Å². The number of rotatable bonds is 4. The van der Waals surface area contributed by atoms with Gasteiger partial charge in [0.25, 0.3) is 0 Å². The van der Waals surface area contributed by atoms with E-state index in [4.69, 9.17) is 0 Å². The lowest BCUT2D eigenvalue weighted by Crippen LogP contribution is -2.14. The Labute approximate surface area is 367 Å². The Morgan fingerprint density at radius 3 is 1.06 bits per heavy atom. The van der Waals surface area contributed by atoms with Gasteiger partial charge in [0.2, 0.25) is 0 Å². The Kier molecular flexibility index (Phi) is 7.58. The predicted octanol–water partition coefficient (Wildman–Crippen LogP) is 15.0. The van der Waals surface area contributed by atoms with Crippen LogP contribution in [0.3, 0.4) is 0 Å². The molecule has 0 aliphatic carbocycles. The van der Waals surface area contributed by atoms with Crippen molar-refractivity contribution >= 4 is 87.0 Å². The van der Waals surface area contributed by atoms with Crippen molar-refractivity contribution in [2.24, 2.45) is 0 Å². The van der Waals surface area contributed by atoms with Crippen LogP contribution >= 0.6 is 0 Å². The number of benzene rings is 10. The SMILES string of the molecule is Cc1ccc(-c2c(-n3c4ccccc4c4ccccc43)c(C#N)c(-n3c4ccc5ccccc5c4c4c5ccccc5ccc43)c(C#N)c2-n2c3ccccc3c3ccccc32)cc1. The van der Waals surface area contributed by atoms with Crippen LogP contribution in [0.15, 0.2) is 194 Å². The summed E-state index contributed by atoms with van der Waals surface area (Å²) in [5.74, 6) is 0. The predicted molar refractivity (Wildman–Crippen MR) is 264 cm³/mol. The summed E-state index contributed by atoms with van der Waals surface area (Å²) in [5, 5.41) is 35.2. The molecule has 0 aliphatic rings. The molecule has 0 fully saturated rings. The minimum Gasteiger partial charge on any atom is -0.307 e. The standard InChI is InChI=1S/C59H35N5/c1-36-26-28-39(29-27-36)54-58(62-48-22-10-6-18-42(48)43-19-7-11-23-49(43)62)46(34-60)57(47(35-61)59(54)63-50-24-12-8-20-44(50)45-21-9-13-25-51(45)63)64-52-32-30-37-14-2-4-16-40(37)55(52)56-41-17-5-3-15-38(41)31-33-53(56)64/h2-33H,1H3. The van der Waals surface area contributed by atoms with Gasteiger partial charge in [0, 0.05) is 37.9 Å². The number of nitrogens with zero attached hydrogens (tertiary/aromatic N) is 5. The van der Waals surface area contributed by atoms with Crippen molar-refractivity contribution in [1.82, 2.24) is 13.7 Å². The van der Waals surface area contributed by atoms with Crippen molar-refractivity contribution in [2.45, 2.75) is 6.92 Å². The fourth-order valence-corrected chi connectivity index (χ4v) is 10.7. The van der Waals surface area contributed by atoms with E-state index in [1.807, 2.05) is 0 Å². The van der Waals surface area contributed by atoms with E-state index in [1.165, 1.54) is 0 Å². The Bertz CT molecular complexity index is 3870. The van der Waals surface area contributed by atoms with Crippen LogP contribution in [0.25, 0.3) is 115 Å². The van der Waals surface area contributed by atoms with E-state index in [0.29, 0.717) is 28.2 Å². The van der Waals surface area contributed by atoms with Gasteiger partial charge >= 0.3 is 0 Å². The fraction of sp³-hybridized carbons (Fsp3) is 0.0169. The van der Waals surface area contributed by atoms with E-state index in [0.717, 1.165) is 104 Å². The number of para-hydroxylation sites is 4. The molecule has 0 amide bonds. The van der Waals surface area contributed by atoms with Crippen LogP contribution in [-0.4, -0.2) is 13.7 Å². The Morgan fingerprint density at radius 1 is 0.328 bits per heavy atom. The zero-order valence-electron chi connectivity index (χ0n) is 34.7. The largest absolute Gasteiger partial charge is 0.307 e. The second-order valence-corrected chi connectivity index (χ2v) is 16.7. The molecule has 5 nitrogen and oxygen atoms in total. The highest BCUT2D eigenvalue weighted by atomic mass is 15.1. The number of aryl methyl sites for hydroxylation is 1. The second kappa shape index (κ2) is 13.6. The fourth-order valence-electron chi connectivity index (χ4n) is 10.7. The third-order valence-electron chi connectivity index (χ3n) is 13.4. The zero-order chi connectivity index (χ0) is 42.6. The molecule has 13 rings (SSSR count). The maximum absolute atomic E-state index is 12.1. The molecule has 3 aromatic heterocycles. The first-order valence-electron chi connectivity index (χ1n) is 21.6. The summed E-state index contributed by atoms with van der Waals surface area (Å²) in [6.45, 7) is 2.09. The maximum Gasteiger partial charge on any atom is 0.104 e. The molecular formula is C59H35N5. The molecule has 5 heteroatoms. The number of aromatic nitrogens is 3. The van der Waals surface area contributed by atoms with E-state index in [2.05, 4.69) is 227 Å². The first-order chi connectivity index (χ1) is 31.6. The minimum absolute atomic E-state index is 0.406. The molecule has 0 bridgehead atoms. The molecule has 0 saturated heterocycles. The van der Waals surface area contributed by atoms with E-state index in [9.17, 15) is 10.5 Å². The highest BCUT2D eigenvalue weighted by molar-refractivity contribution is 6.29. The number of nitriles is 2. The Balaban J connectivity index is 1.36. The summed E-state index contributed by atoms with van der Waals surface area (Å²) in [4.78, 5) is 0. The number of hydrogen-bond acceptors (Lipinski definition) is 2. The topological polar surface area (TPSA) is 62.4 Å². The monoisotopic (exact) mass is 813 g/mol. The van der Waals surface area contributed by atoms with Crippen molar-refractivity contribution in [2.75, 3.05) is 0 Å². The summed E-state index contributed by atoms with van der Waals surface area (Å²) in [6.07, 6.45) is 0. The number of fused-ring (bicyclic) bond motifs is 13. The van der Waals surface area contributed by atoms with E-state index >= 15 is 0 Å². The Hall–Kier alpha value is -8.90. The van der Waals surface area contributed by atoms with Crippen molar-refractivity contribution < 1.29 is 0 Å². The molecule has 0 atom stereocenters. The normalized spacial score (nSPS) is 11.8. The van der Waals surface area contributed by atoms with Crippen LogP contribution in [0.1, 0.15) is 16.7 Å². The molecule has 0 spiro atoms. The summed E-state index contributed by atoms with van der Waals surface area (Å²) < 4.78 is 6.77. The molecule has 64 heavy (non-hydrogen) atoms. The molecule has 0 unspecified atom stereocenters. The molecule has 3 heterocycles. The summed E-state index contributed by atoms with van der Waals surface area (Å²) in [5.41, 5.74) is 11.3. The average molecular weight is 814 g/mol. The number of hydrogen-bond donors (Lipinski definition) is 0. The molecule has 13 aromatic rings. The van der Waals surface area contributed by atoms with Gasteiger partial charge in [-0.3, -0.25) is 0 Å². The maximum atomic E-state index is 12.1. The van der Waals surface area contributed by atoms with Crippen LogP contribution in [0.5, 0.6) is 0 Å². The highest BCUT2D eigenvalue weighted by Gasteiger charge is 2.33. The van der Waals surface area contributed by atoms with E-state index < -0.39 is 0 Å². The van der Waals surface area contributed by atoms with Gasteiger partial charge in [-0.15, -0.1) is 0 Å². The zero-order valence-corrected chi connectivity index (χ0v) is 34.7. The molecule has 0 N–H and O–H groups in total. The highest BCUT2D eigenvalue weighted by Crippen LogP contribution is 2.50. The van der Waals surface area contributed by atoms with Gasteiger partial charge in [-0.25, -0.2) is 0 Å². The van der Waals surface area contributed by atoms with Crippen molar-refractivity contribution in [3.63, 3.8) is 0 Å². The second-order valence-electron chi connectivity index (χ2n) is 16.7. The van der Waals surface area contributed by atoms with Crippen molar-refractivity contribution in [1.29, 1.82) is 10.5 Å². The van der Waals surface area contributed by atoms with Gasteiger partial charge in [0.15, 0.2) is 0 Å². The van der Waals surface area contributed by atoms with Crippen molar-refractivity contribution in [3.8, 4) is 40.3 Å². The smallest absolute Gasteiger partial charge is 0.104 e. The average Bonchev–Trinajstić information content (AvgIpc) is 3.99. The van der Waals surface area contributed by atoms with Gasteiger partial charge in [0.1, 0.15) is 23.3 Å². The molecule has 0 aliphatic heterocycles. The molecule has 0 saturated carbocycles. The van der Waals surface area contributed by atoms with Gasteiger partial charge < -0.3 is 13.7 Å².